The molecule has 0 spiro atoms. The molecule has 2 N–H and O–H groups in total. The van der Waals surface area contributed by atoms with Gasteiger partial charge in [0.05, 0.1) is 13.2 Å². The quantitative estimate of drug-likeness (QED) is 0.521. The smallest absolute Gasteiger partial charge is 0.225 e. The highest BCUT2D eigenvalue weighted by Gasteiger charge is 2.49. The summed E-state index contributed by atoms with van der Waals surface area (Å²) in [6.45, 7) is 0.321. The van der Waals surface area contributed by atoms with E-state index < -0.39 is 18.0 Å². The lowest BCUT2D eigenvalue weighted by Crippen LogP contribution is -2.59. The van der Waals surface area contributed by atoms with Crippen molar-refractivity contribution in [3.8, 4) is 0 Å². The van der Waals surface area contributed by atoms with Crippen LogP contribution in [0.25, 0.3) is 0 Å². The third-order valence-electron chi connectivity index (χ3n) is 2.21. The maximum atomic E-state index is 9.88. The Hall–Kier alpha value is -0.240. The van der Waals surface area contributed by atoms with Gasteiger partial charge in [-0.2, -0.15) is 0 Å². The first-order chi connectivity index (χ1) is 6.23. The monoisotopic (exact) mass is 192 g/mol. The molecule has 13 heavy (non-hydrogen) atoms. The molecule has 2 fully saturated rings. The minimum atomic E-state index is -1.70. The molecule has 6 heteroatoms. The molecule has 0 amide bonds. The van der Waals surface area contributed by atoms with E-state index in [0.29, 0.717) is 0 Å². The van der Waals surface area contributed by atoms with Crippen LogP contribution in [0.15, 0.2) is 0 Å². The summed E-state index contributed by atoms with van der Waals surface area (Å²) in [4.78, 5) is 0. The van der Waals surface area contributed by atoms with Gasteiger partial charge in [-0.1, -0.05) is 0 Å². The molecule has 0 radical (unpaired) electrons. The first-order valence-electron chi connectivity index (χ1n) is 4.05. The standard InChI is InChI=1S/C7H12O6/c8-5-1-10-4-13-7(5,9)6-2-11-3-12-6/h5-6,8-9H,1-4H2. The van der Waals surface area contributed by atoms with E-state index in [9.17, 15) is 10.2 Å². The van der Waals surface area contributed by atoms with Crippen LogP contribution in [-0.2, 0) is 18.9 Å². The van der Waals surface area contributed by atoms with E-state index in [2.05, 4.69) is 0 Å². The maximum Gasteiger partial charge on any atom is 0.225 e. The third-order valence-corrected chi connectivity index (χ3v) is 2.21. The average molecular weight is 192 g/mol. The predicted octanol–water partition coefficient (Wildman–Crippen LogP) is -1.59. The second kappa shape index (κ2) is 3.49. The first-order valence-corrected chi connectivity index (χ1v) is 4.05. The van der Waals surface area contributed by atoms with Crippen LogP contribution < -0.4 is 0 Å². The lowest BCUT2D eigenvalue weighted by atomic mass is 10.0. The molecule has 3 atom stereocenters. The average Bonchev–Trinajstić information content (AvgIpc) is 2.63. The van der Waals surface area contributed by atoms with Crippen LogP contribution in [0.5, 0.6) is 0 Å². The zero-order valence-electron chi connectivity index (χ0n) is 7.01. The van der Waals surface area contributed by atoms with Crippen molar-refractivity contribution in [3.05, 3.63) is 0 Å². The van der Waals surface area contributed by atoms with E-state index in [1.54, 1.807) is 0 Å². The van der Waals surface area contributed by atoms with Crippen LogP contribution in [0, 0.1) is 0 Å². The number of ether oxygens (including phenoxy) is 4. The van der Waals surface area contributed by atoms with E-state index in [-0.39, 0.29) is 26.8 Å². The molecular formula is C7H12O6. The Morgan fingerprint density at radius 2 is 1.92 bits per heavy atom. The van der Waals surface area contributed by atoms with Gasteiger partial charge in [-0.15, -0.1) is 0 Å². The van der Waals surface area contributed by atoms with Crippen LogP contribution in [0.1, 0.15) is 0 Å². The number of hydrogen-bond acceptors (Lipinski definition) is 6. The number of rotatable bonds is 1. The van der Waals surface area contributed by atoms with Gasteiger partial charge < -0.3 is 29.2 Å². The summed E-state index contributed by atoms with van der Waals surface area (Å²) >= 11 is 0. The topological polar surface area (TPSA) is 77.4 Å². The molecule has 0 saturated carbocycles. The number of hydrogen-bond donors (Lipinski definition) is 2. The number of aliphatic hydroxyl groups excluding tert-OH is 1. The highest BCUT2D eigenvalue weighted by atomic mass is 16.8. The van der Waals surface area contributed by atoms with E-state index in [4.69, 9.17) is 18.9 Å². The van der Waals surface area contributed by atoms with Gasteiger partial charge in [-0.05, 0) is 0 Å². The number of aliphatic hydroxyl groups is 2. The lowest BCUT2D eigenvalue weighted by Gasteiger charge is -2.38. The van der Waals surface area contributed by atoms with Crippen molar-refractivity contribution in [3.63, 3.8) is 0 Å². The minimum Gasteiger partial charge on any atom is -0.385 e. The van der Waals surface area contributed by atoms with Gasteiger partial charge in [0, 0.05) is 0 Å². The van der Waals surface area contributed by atoms with Crippen LogP contribution >= 0.6 is 0 Å². The zero-order valence-corrected chi connectivity index (χ0v) is 7.01. The fraction of sp³-hybridized carbons (Fsp3) is 1.00. The SMILES string of the molecule is OC1COCOC1(O)C1COCO1. The third kappa shape index (κ3) is 1.56. The molecule has 76 valence electrons. The fourth-order valence-electron chi connectivity index (χ4n) is 1.39. The summed E-state index contributed by atoms with van der Waals surface area (Å²) in [5.74, 6) is -1.70. The molecular weight excluding hydrogens is 180 g/mol. The second-order valence-electron chi connectivity index (χ2n) is 3.04. The summed E-state index contributed by atoms with van der Waals surface area (Å²) < 4.78 is 19.7. The van der Waals surface area contributed by atoms with Gasteiger partial charge in [-0.25, -0.2) is 0 Å². The van der Waals surface area contributed by atoms with Crippen LogP contribution in [0.2, 0.25) is 0 Å². The Kier molecular flexibility index (Phi) is 2.50. The Morgan fingerprint density at radius 3 is 2.54 bits per heavy atom. The Balaban J connectivity index is 2.06. The van der Waals surface area contributed by atoms with Crippen molar-refractivity contribution in [2.45, 2.75) is 18.0 Å². The molecule has 0 aliphatic carbocycles. The second-order valence-corrected chi connectivity index (χ2v) is 3.04. The van der Waals surface area contributed by atoms with Crippen molar-refractivity contribution in [2.24, 2.45) is 0 Å². The van der Waals surface area contributed by atoms with E-state index >= 15 is 0 Å². The summed E-state index contributed by atoms with van der Waals surface area (Å²) in [5, 5.41) is 19.3. The molecule has 0 aromatic rings. The van der Waals surface area contributed by atoms with Gasteiger partial charge in [-0.3, -0.25) is 0 Å². The van der Waals surface area contributed by atoms with Gasteiger partial charge in [0.2, 0.25) is 5.79 Å². The lowest BCUT2D eigenvalue weighted by molar-refractivity contribution is -0.360. The normalized spacial score (nSPS) is 46.6. The summed E-state index contributed by atoms with van der Waals surface area (Å²) in [5.41, 5.74) is 0. The van der Waals surface area contributed by atoms with Crippen molar-refractivity contribution in [2.75, 3.05) is 26.8 Å². The summed E-state index contributed by atoms with van der Waals surface area (Å²) in [6.07, 6.45) is -1.75. The predicted molar refractivity (Wildman–Crippen MR) is 38.6 cm³/mol. The molecule has 2 saturated heterocycles. The van der Waals surface area contributed by atoms with E-state index in [1.807, 2.05) is 0 Å². The van der Waals surface area contributed by atoms with E-state index in [1.165, 1.54) is 0 Å². The highest BCUT2D eigenvalue weighted by molar-refractivity contribution is 4.88. The highest BCUT2D eigenvalue weighted by Crippen LogP contribution is 2.26. The summed E-state index contributed by atoms with van der Waals surface area (Å²) in [7, 11) is 0. The Morgan fingerprint density at radius 1 is 1.15 bits per heavy atom. The molecule has 0 aromatic carbocycles. The van der Waals surface area contributed by atoms with Gasteiger partial charge in [0.1, 0.15) is 19.0 Å². The van der Waals surface area contributed by atoms with E-state index in [0.717, 1.165) is 0 Å². The zero-order chi connectivity index (χ0) is 9.31. The van der Waals surface area contributed by atoms with Crippen molar-refractivity contribution in [1.82, 2.24) is 0 Å². The van der Waals surface area contributed by atoms with Crippen LogP contribution in [-0.4, -0.2) is 55.0 Å². The first kappa shape index (κ1) is 9.32. The molecule has 2 rings (SSSR count). The summed E-state index contributed by atoms with van der Waals surface area (Å²) in [6, 6.07) is 0. The largest absolute Gasteiger partial charge is 0.385 e. The fourth-order valence-corrected chi connectivity index (χ4v) is 1.39. The van der Waals surface area contributed by atoms with Gasteiger partial charge in [0.15, 0.2) is 6.79 Å². The molecule has 6 nitrogen and oxygen atoms in total. The van der Waals surface area contributed by atoms with Crippen molar-refractivity contribution < 1.29 is 29.2 Å². The molecule has 2 heterocycles. The van der Waals surface area contributed by atoms with Crippen LogP contribution in [0.3, 0.4) is 0 Å². The minimum absolute atomic E-state index is 0.0381. The van der Waals surface area contributed by atoms with Crippen LogP contribution in [0.4, 0.5) is 0 Å². The molecule has 0 bridgehead atoms. The molecule has 0 aromatic heterocycles. The molecule has 2 aliphatic rings. The molecule has 2 aliphatic heterocycles. The Labute approximate surface area is 75.0 Å². The van der Waals surface area contributed by atoms with Crippen molar-refractivity contribution >= 4 is 0 Å². The van der Waals surface area contributed by atoms with Crippen molar-refractivity contribution in [1.29, 1.82) is 0 Å². The van der Waals surface area contributed by atoms with Gasteiger partial charge >= 0.3 is 0 Å². The maximum absolute atomic E-state index is 9.88. The van der Waals surface area contributed by atoms with Gasteiger partial charge in [0.25, 0.3) is 0 Å². The molecule has 3 unspecified atom stereocenters. The Bertz CT molecular complexity index is 180.